The lowest BCUT2D eigenvalue weighted by Gasteiger charge is -2.15. The molecule has 7 nitrogen and oxygen atoms in total. The van der Waals surface area contributed by atoms with Crippen molar-refractivity contribution in [3.63, 3.8) is 0 Å². The van der Waals surface area contributed by atoms with Crippen LogP contribution in [0.5, 0.6) is 0 Å². The summed E-state index contributed by atoms with van der Waals surface area (Å²) in [6, 6.07) is 8.96. The molecule has 0 atom stereocenters. The monoisotopic (exact) mass is 392 g/mol. The van der Waals surface area contributed by atoms with Gasteiger partial charge >= 0.3 is 12.1 Å². The summed E-state index contributed by atoms with van der Waals surface area (Å²) in [6.45, 7) is 0. The van der Waals surface area contributed by atoms with E-state index >= 15 is 0 Å². The van der Waals surface area contributed by atoms with Gasteiger partial charge in [0.25, 0.3) is 5.91 Å². The Morgan fingerprint density at radius 2 is 1.89 bits per heavy atom. The zero-order chi connectivity index (χ0) is 20.7. The molecule has 0 bridgehead atoms. The van der Waals surface area contributed by atoms with Gasteiger partial charge in [-0.25, -0.2) is 15.6 Å². The average molecular weight is 392 g/mol. The number of halogens is 3. The van der Waals surface area contributed by atoms with Gasteiger partial charge in [-0.15, -0.1) is 0 Å². The number of alkyl halides is 3. The number of anilines is 1. The van der Waals surface area contributed by atoms with Crippen molar-refractivity contribution in [1.82, 2.24) is 5.43 Å². The van der Waals surface area contributed by atoms with Crippen LogP contribution in [0.1, 0.15) is 21.5 Å². The number of hydrogen-bond acceptors (Lipinski definition) is 4. The second-order valence-electron chi connectivity index (χ2n) is 5.40. The van der Waals surface area contributed by atoms with Gasteiger partial charge in [-0.1, -0.05) is 12.1 Å². The van der Waals surface area contributed by atoms with E-state index in [1.165, 1.54) is 30.6 Å². The maximum atomic E-state index is 13.4. The molecule has 1 amide bonds. The minimum atomic E-state index is -4.76. The Kier molecular flexibility index (Phi) is 6.51. The first-order valence-electron chi connectivity index (χ1n) is 7.73. The van der Waals surface area contributed by atoms with Crippen LogP contribution in [0.25, 0.3) is 6.08 Å². The molecular formula is C18H15F3N4O3. The van der Waals surface area contributed by atoms with E-state index in [-0.39, 0.29) is 11.1 Å². The van der Waals surface area contributed by atoms with E-state index in [1.54, 1.807) is 6.07 Å². The van der Waals surface area contributed by atoms with Gasteiger partial charge < -0.3 is 15.8 Å². The number of benzene rings is 2. The Morgan fingerprint density at radius 1 is 1.14 bits per heavy atom. The Hall–Kier alpha value is -3.66. The molecule has 0 saturated heterocycles. The van der Waals surface area contributed by atoms with Crippen LogP contribution in [0, 0.1) is 0 Å². The summed E-state index contributed by atoms with van der Waals surface area (Å²) in [6.07, 6.45) is -1.83. The van der Waals surface area contributed by atoms with Crippen molar-refractivity contribution in [2.45, 2.75) is 6.18 Å². The fourth-order valence-corrected chi connectivity index (χ4v) is 2.21. The molecule has 146 valence electrons. The number of aliphatic carboxylic acids is 1. The third kappa shape index (κ3) is 5.68. The summed E-state index contributed by atoms with van der Waals surface area (Å²) in [5.41, 5.74) is 1.12. The Bertz CT molecular complexity index is 940. The second-order valence-corrected chi connectivity index (χ2v) is 5.40. The highest BCUT2D eigenvalue weighted by atomic mass is 19.4. The maximum absolute atomic E-state index is 13.4. The molecule has 10 heteroatoms. The third-order valence-corrected chi connectivity index (χ3v) is 3.41. The predicted molar refractivity (Wildman–Crippen MR) is 98.0 cm³/mol. The molecule has 0 aliphatic rings. The number of carbonyl (C=O) groups is 2. The van der Waals surface area contributed by atoms with Gasteiger partial charge in [0.05, 0.1) is 16.9 Å². The number of rotatable bonds is 6. The molecule has 2 rings (SSSR count). The smallest absolute Gasteiger partial charge is 0.418 e. The number of carboxylic acids is 1. The summed E-state index contributed by atoms with van der Waals surface area (Å²) in [5, 5.41) is 10.8. The molecule has 0 heterocycles. The highest BCUT2D eigenvalue weighted by molar-refractivity contribution is 6.05. The first kappa shape index (κ1) is 20.6. The third-order valence-electron chi connectivity index (χ3n) is 3.41. The van der Waals surface area contributed by atoms with Crippen molar-refractivity contribution < 1.29 is 27.9 Å². The number of nitrogens with zero attached hydrogens (tertiary/aromatic N) is 1. The molecule has 5 N–H and O–H groups in total. The van der Waals surface area contributed by atoms with E-state index in [4.69, 9.17) is 10.9 Å². The highest BCUT2D eigenvalue weighted by Crippen LogP contribution is 2.36. The largest absolute Gasteiger partial charge is 0.478 e. The first-order chi connectivity index (χ1) is 13.2. The van der Waals surface area contributed by atoms with Crippen LogP contribution >= 0.6 is 0 Å². The van der Waals surface area contributed by atoms with Gasteiger partial charge in [-0.3, -0.25) is 4.79 Å². The van der Waals surface area contributed by atoms with Gasteiger partial charge in [0, 0.05) is 11.6 Å². The Morgan fingerprint density at radius 3 is 2.54 bits per heavy atom. The molecular weight excluding hydrogens is 377 g/mol. The molecule has 2 aromatic rings. The molecule has 28 heavy (non-hydrogen) atoms. The zero-order valence-corrected chi connectivity index (χ0v) is 14.2. The summed E-state index contributed by atoms with van der Waals surface area (Å²) in [7, 11) is 0. The lowest BCUT2D eigenvalue weighted by Crippen LogP contribution is -2.18. The molecule has 0 aliphatic carbocycles. The molecule has 2 aromatic carbocycles. The number of carbonyl (C=O) groups excluding carboxylic acids is 1. The number of carboxylic acid groups (broad SMARTS) is 1. The molecule has 0 unspecified atom stereocenters. The van der Waals surface area contributed by atoms with E-state index in [1.807, 2.05) is 0 Å². The van der Waals surface area contributed by atoms with E-state index in [0.717, 1.165) is 24.3 Å². The van der Waals surface area contributed by atoms with Crippen molar-refractivity contribution in [2.75, 3.05) is 5.32 Å². The minimum absolute atomic E-state index is 0.0262. The van der Waals surface area contributed by atoms with Gasteiger partial charge in [-0.05, 0) is 42.0 Å². The van der Waals surface area contributed by atoms with Gasteiger partial charge in [0.15, 0.2) is 0 Å². The van der Waals surface area contributed by atoms with Crippen molar-refractivity contribution in [1.29, 1.82) is 0 Å². The summed E-state index contributed by atoms with van der Waals surface area (Å²) < 4.78 is 40.1. The van der Waals surface area contributed by atoms with Crippen LogP contribution in [0.3, 0.4) is 0 Å². The van der Waals surface area contributed by atoms with Crippen molar-refractivity contribution in [3.05, 3.63) is 65.2 Å². The molecule has 0 radical (unpaired) electrons. The average Bonchev–Trinajstić information content (AvgIpc) is 2.64. The van der Waals surface area contributed by atoms with E-state index in [9.17, 15) is 22.8 Å². The van der Waals surface area contributed by atoms with Crippen LogP contribution in [-0.2, 0) is 11.0 Å². The summed E-state index contributed by atoms with van der Waals surface area (Å²) in [5.74, 6) is 3.00. The number of nitrogens with two attached hydrogens (primary N) is 1. The zero-order valence-electron chi connectivity index (χ0n) is 14.2. The molecule has 0 spiro atoms. The van der Waals surface area contributed by atoms with Gasteiger partial charge in [-0.2, -0.15) is 13.2 Å². The fourth-order valence-electron chi connectivity index (χ4n) is 2.21. The molecule has 0 fully saturated rings. The lowest BCUT2D eigenvalue weighted by molar-refractivity contribution is -0.137. The topological polar surface area (TPSA) is 117 Å². The molecule has 0 aliphatic heterocycles. The van der Waals surface area contributed by atoms with Crippen LogP contribution in [0.2, 0.25) is 0 Å². The normalized spacial score (nSPS) is 11.7. The van der Waals surface area contributed by atoms with Crippen LogP contribution in [0.4, 0.5) is 24.5 Å². The Labute approximate surface area is 157 Å². The van der Waals surface area contributed by atoms with Crippen molar-refractivity contribution >= 4 is 35.7 Å². The van der Waals surface area contributed by atoms with Crippen LogP contribution in [0.15, 0.2) is 53.5 Å². The summed E-state index contributed by atoms with van der Waals surface area (Å²) >= 11 is 0. The van der Waals surface area contributed by atoms with Gasteiger partial charge in [0.1, 0.15) is 6.34 Å². The van der Waals surface area contributed by atoms with Crippen LogP contribution < -0.4 is 16.6 Å². The fraction of sp³-hybridized carbons (Fsp3) is 0.0556. The molecule has 0 saturated carbocycles. The first-order valence-corrected chi connectivity index (χ1v) is 7.73. The van der Waals surface area contributed by atoms with Crippen LogP contribution in [-0.4, -0.2) is 23.3 Å². The van der Waals surface area contributed by atoms with E-state index in [2.05, 4.69) is 15.7 Å². The van der Waals surface area contributed by atoms with Gasteiger partial charge in [0.2, 0.25) is 0 Å². The highest BCUT2D eigenvalue weighted by Gasteiger charge is 2.34. The minimum Gasteiger partial charge on any atom is -0.478 e. The quantitative estimate of drug-likeness (QED) is 0.198. The standard InChI is InChI=1S/C18H15F3N4O3/c19-18(20,21)14-8-11(5-7-16(26)27)4-6-15(14)25-17(28)12-2-1-3-13(9-12)23-10-24-22/h1-10H,22H2,(H,23,24)(H,25,28)(H,26,27). The second kappa shape index (κ2) is 8.82. The predicted octanol–water partition coefficient (Wildman–Crippen LogP) is 3.18. The number of amides is 1. The van der Waals surface area contributed by atoms with E-state index < -0.39 is 29.3 Å². The Balaban J connectivity index is 2.33. The number of hydrazine groups is 1. The SMILES string of the molecule is NNC=Nc1cccc(C(=O)Nc2ccc(C=CC(=O)O)cc2C(F)(F)F)c1. The molecule has 0 aromatic heterocycles. The van der Waals surface area contributed by atoms with Crippen molar-refractivity contribution in [2.24, 2.45) is 10.8 Å². The van der Waals surface area contributed by atoms with Crippen molar-refractivity contribution in [3.8, 4) is 0 Å². The number of nitrogens with one attached hydrogen (secondary N) is 2. The van der Waals surface area contributed by atoms with E-state index in [0.29, 0.717) is 5.69 Å². The number of aliphatic imine (C=N–C) groups is 1. The maximum Gasteiger partial charge on any atom is 0.418 e. The summed E-state index contributed by atoms with van der Waals surface area (Å²) in [4.78, 5) is 26.8. The number of hydrogen-bond donors (Lipinski definition) is 4. The lowest BCUT2D eigenvalue weighted by atomic mass is 10.1.